The summed E-state index contributed by atoms with van der Waals surface area (Å²) < 4.78 is 0. The fourth-order valence-corrected chi connectivity index (χ4v) is 2.59. The zero-order valence-corrected chi connectivity index (χ0v) is 12.1. The summed E-state index contributed by atoms with van der Waals surface area (Å²) in [5.41, 5.74) is 1.35. The molecule has 1 aliphatic rings. The van der Waals surface area contributed by atoms with Gasteiger partial charge in [0.25, 0.3) is 0 Å². The third-order valence-electron chi connectivity index (χ3n) is 3.64. The predicted octanol–water partition coefficient (Wildman–Crippen LogP) is 3.16. The summed E-state index contributed by atoms with van der Waals surface area (Å²) in [7, 11) is 0. The van der Waals surface area contributed by atoms with E-state index in [9.17, 15) is 0 Å². The van der Waals surface area contributed by atoms with Crippen LogP contribution < -0.4 is 5.32 Å². The fourth-order valence-electron chi connectivity index (χ4n) is 2.46. The summed E-state index contributed by atoms with van der Waals surface area (Å²) in [4.78, 5) is 2.55. The molecular formula is C15H23ClN2. The first kappa shape index (κ1) is 13.9. The van der Waals surface area contributed by atoms with E-state index in [-0.39, 0.29) is 0 Å². The second kappa shape index (κ2) is 6.55. The highest BCUT2D eigenvalue weighted by Crippen LogP contribution is 2.14. The van der Waals surface area contributed by atoms with E-state index in [0.29, 0.717) is 12.0 Å². The van der Waals surface area contributed by atoms with Crippen LogP contribution in [0.3, 0.4) is 0 Å². The third kappa shape index (κ3) is 3.98. The van der Waals surface area contributed by atoms with Crippen LogP contribution in [-0.2, 0) is 6.54 Å². The van der Waals surface area contributed by atoms with Crippen molar-refractivity contribution in [3.8, 4) is 0 Å². The normalized spacial score (nSPS) is 22.1. The first-order valence-corrected chi connectivity index (χ1v) is 7.23. The summed E-state index contributed by atoms with van der Waals surface area (Å²) in [6.07, 6.45) is 1.23. The Morgan fingerprint density at radius 2 is 2.06 bits per heavy atom. The van der Waals surface area contributed by atoms with Crippen LogP contribution in [-0.4, -0.2) is 30.6 Å². The Bertz CT molecular complexity index is 361. The van der Waals surface area contributed by atoms with E-state index in [1.54, 1.807) is 0 Å². The Labute approximate surface area is 115 Å². The van der Waals surface area contributed by atoms with Crippen LogP contribution in [0.5, 0.6) is 0 Å². The summed E-state index contributed by atoms with van der Waals surface area (Å²) in [5, 5.41) is 4.46. The molecule has 2 rings (SSSR count). The number of hydrogen-bond donors (Lipinski definition) is 1. The van der Waals surface area contributed by atoms with Crippen molar-refractivity contribution >= 4 is 11.6 Å². The molecule has 0 spiro atoms. The molecule has 2 nitrogen and oxygen atoms in total. The van der Waals surface area contributed by atoms with Gasteiger partial charge in [0.1, 0.15) is 0 Å². The average molecular weight is 267 g/mol. The van der Waals surface area contributed by atoms with E-state index in [1.807, 2.05) is 12.1 Å². The molecule has 1 aromatic carbocycles. The SMILES string of the molecule is CC(C)C1CN(Cc2ccc(Cl)cc2)CCCN1. The highest BCUT2D eigenvalue weighted by atomic mass is 35.5. The Hall–Kier alpha value is -0.570. The number of nitrogens with zero attached hydrogens (tertiary/aromatic N) is 1. The minimum atomic E-state index is 0.611. The van der Waals surface area contributed by atoms with Gasteiger partial charge in [0.05, 0.1) is 0 Å². The van der Waals surface area contributed by atoms with Gasteiger partial charge in [0.2, 0.25) is 0 Å². The van der Waals surface area contributed by atoms with Crippen LogP contribution in [0.4, 0.5) is 0 Å². The van der Waals surface area contributed by atoms with Gasteiger partial charge in [-0.05, 0) is 43.1 Å². The zero-order valence-electron chi connectivity index (χ0n) is 11.3. The molecule has 0 aromatic heterocycles. The van der Waals surface area contributed by atoms with Gasteiger partial charge in [-0.3, -0.25) is 4.90 Å². The Kier molecular flexibility index (Phi) is 5.04. The molecule has 1 aromatic rings. The zero-order chi connectivity index (χ0) is 13.0. The Balaban J connectivity index is 1.96. The lowest BCUT2D eigenvalue weighted by atomic mass is 10.0. The maximum Gasteiger partial charge on any atom is 0.0406 e. The topological polar surface area (TPSA) is 15.3 Å². The van der Waals surface area contributed by atoms with E-state index in [1.165, 1.54) is 18.5 Å². The summed E-state index contributed by atoms with van der Waals surface area (Å²) >= 11 is 5.92. The monoisotopic (exact) mass is 266 g/mol. The smallest absolute Gasteiger partial charge is 0.0406 e. The number of nitrogens with one attached hydrogen (secondary N) is 1. The molecule has 18 heavy (non-hydrogen) atoms. The molecule has 1 unspecified atom stereocenters. The van der Waals surface area contributed by atoms with Crippen molar-refractivity contribution in [2.75, 3.05) is 19.6 Å². The summed E-state index contributed by atoms with van der Waals surface area (Å²) in [5.74, 6) is 0.691. The molecule has 0 bridgehead atoms. The van der Waals surface area contributed by atoms with Gasteiger partial charge < -0.3 is 5.32 Å². The Morgan fingerprint density at radius 1 is 1.33 bits per heavy atom. The molecule has 1 aliphatic heterocycles. The first-order valence-electron chi connectivity index (χ1n) is 6.85. The van der Waals surface area contributed by atoms with Crippen molar-refractivity contribution in [1.29, 1.82) is 0 Å². The van der Waals surface area contributed by atoms with Crippen LogP contribution in [0, 0.1) is 5.92 Å². The number of halogens is 1. The van der Waals surface area contributed by atoms with Gasteiger partial charge in [0, 0.05) is 24.2 Å². The van der Waals surface area contributed by atoms with Gasteiger partial charge in [-0.2, -0.15) is 0 Å². The van der Waals surface area contributed by atoms with Gasteiger partial charge in [0.15, 0.2) is 0 Å². The lowest BCUT2D eigenvalue weighted by Gasteiger charge is -2.26. The molecule has 1 heterocycles. The molecule has 100 valence electrons. The molecule has 1 atom stereocenters. The number of hydrogen-bond acceptors (Lipinski definition) is 2. The van der Waals surface area contributed by atoms with E-state index in [4.69, 9.17) is 11.6 Å². The number of benzene rings is 1. The lowest BCUT2D eigenvalue weighted by Crippen LogP contribution is -2.40. The third-order valence-corrected chi connectivity index (χ3v) is 3.89. The maximum absolute atomic E-state index is 5.92. The molecule has 0 saturated carbocycles. The van der Waals surface area contributed by atoms with Crippen LogP contribution >= 0.6 is 11.6 Å². The van der Waals surface area contributed by atoms with Crippen molar-refractivity contribution in [2.24, 2.45) is 5.92 Å². The van der Waals surface area contributed by atoms with Crippen LogP contribution in [0.15, 0.2) is 24.3 Å². The molecular weight excluding hydrogens is 244 g/mol. The highest BCUT2D eigenvalue weighted by molar-refractivity contribution is 6.30. The quantitative estimate of drug-likeness (QED) is 0.904. The standard InChI is InChI=1S/C15H23ClN2/c1-12(2)15-11-18(9-3-8-17-15)10-13-4-6-14(16)7-5-13/h4-7,12,15,17H,3,8-11H2,1-2H3. The predicted molar refractivity (Wildman–Crippen MR) is 78.0 cm³/mol. The van der Waals surface area contributed by atoms with Crippen molar-refractivity contribution < 1.29 is 0 Å². The largest absolute Gasteiger partial charge is 0.312 e. The van der Waals surface area contributed by atoms with Gasteiger partial charge in [-0.1, -0.05) is 37.6 Å². The van der Waals surface area contributed by atoms with E-state index < -0.39 is 0 Å². The molecule has 1 saturated heterocycles. The van der Waals surface area contributed by atoms with Crippen LogP contribution in [0.25, 0.3) is 0 Å². The van der Waals surface area contributed by atoms with E-state index in [0.717, 1.165) is 24.7 Å². The molecule has 0 radical (unpaired) electrons. The van der Waals surface area contributed by atoms with Gasteiger partial charge >= 0.3 is 0 Å². The lowest BCUT2D eigenvalue weighted by molar-refractivity contribution is 0.238. The maximum atomic E-state index is 5.92. The van der Waals surface area contributed by atoms with Gasteiger partial charge in [-0.25, -0.2) is 0 Å². The van der Waals surface area contributed by atoms with Crippen molar-refractivity contribution in [2.45, 2.75) is 32.9 Å². The molecule has 3 heteroatoms. The fraction of sp³-hybridized carbons (Fsp3) is 0.600. The first-order chi connectivity index (χ1) is 8.65. The van der Waals surface area contributed by atoms with Crippen molar-refractivity contribution in [1.82, 2.24) is 10.2 Å². The second-order valence-corrected chi connectivity index (χ2v) is 5.96. The summed E-state index contributed by atoms with van der Waals surface area (Å²) in [6, 6.07) is 8.83. The number of rotatable bonds is 3. The van der Waals surface area contributed by atoms with Crippen LogP contribution in [0.1, 0.15) is 25.8 Å². The minimum absolute atomic E-state index is 0.611. The Morgan fingerprint density at radius 3 is 2.72 bits per heavy atom. The van der Waals surface area contributed by atoms with Crippen molar-refractivity contribution in [3.63, 3.8) is 0 Å². The molecule has 0 amide bonds. The second-order valence-electron chi connectivity index (χ2n) is 5.52. The minimum Gasteiger partial charge on any atom is -0.312 e. The van der Waals surface area contributed by atoms with Crippen molar-refractivity contribution in [3.05, 3.63) is 34.9 Å². The molecule has 1 N–H and O–H groups in total. The summed E-state index contributed by atoms with van der Waals surface area (Å²) in [6.45, 7) is 9.08. The van der Waals surface area contributed by atoms with E-state index in [2.05, 4.69) is 36.2 Å². The molecule has 1 fully saturated rings. The average Bonchev–Trinajstić information content (AvgIpc) is 2.58. The van der Waals surface area contributed by atoms with Gasteiger partial charge in [-0.15, -0.1) is 0 Å². The molecule has 0 aliphatic carbocycles. The van der Waals surface area contributed by atoms with Crippen LogP contribution in [0.2, 0.25) is 5.02 Å². The highest BCUT2D eigenvalue weighted by Gasteiger charge is 2.19. The van der Waals surface area contributed by atoms with E-state index >= 15 is 0 Å².